The predicted molar refractivity (Wildman–Crippen MR) is 71.9 cm³/mol. The molecule has 0 aliphatic carbocycles. The van der Waals surface area contributed by atoms with E-state index >= 15 is 0 Å². The Hall–Kier alpha value is -1.92. The summed E-state index contributed by atoms with van der Waals surface area (Å²) in [5.74, 6) is 0. The van der Waals surface area contributed by atoms with Gasteiger partial charge in [0, 0.05) is 38.0 Å². The molecule has 1 aromatic carbocycles. The number of nitro groups is 1. The van der Waals surface area contributed by atoms with E-state index in [-0.39, 0.29) is 10.7 Å². The third-order valence-corrected chi connectivity index (χ3v) is 2.94. The molecule has 0 unspecified atom stereocenters. The van der Waals surface area contributed by atoms with Crippen LogP contribution in [0.15, 0.2) is 30.6 Å². The second-order valence-corrected chi connectivity index (χ2v) is 4.58. The van der Waals surface area contributed by atoms with Crippen LogP contribution in [0.1, 0.15) is 11.1 Å². The highest BCUT2D eigenvalue weighted by Gasteiger charge is 2.12. The van der Waals surface area contributed by atoms with Crippen LogP contribution in [0.4, 0.5) is 5.69 Å². The van der Waals surface area contributed by atoms with Crippen molar-refractivity contribution in [2.24, 2.45) is 7.05 Å². The quantitative estimate of drug-likeness (QED) is 0.673. The lowest BCUT2D eigenvalue weighted by Gasteiger charge is -2.04. The van der Waals surface area contributed by atoms with Gasteiger partial charge in [0.2, 0.25) is 0 Å². The van der Waals surface area contributed by atoms with Crippen molar-refractivity contribution in [2.75, 3.05) is 0 Å². The zero-order valence-electron chi connectivity index (χ0n) is 10.3. The van der Waals surface area contributed by atoms with Crippen molar-refractivity contribution in [3.63, 3.8) is 0 Å². The summed E-state index contributed by atoms with van der Waals surface area (Å²) in [4.78, 5) is 10.3. The Balaban J connectivity index is 1.96. The zero-order chi connectivity index (χ0) is 13.8. The van der Waals surface area contributed by atoms with Crippen LogP contribution in [0.25, 0.3) is 0 Å². The molecule has 19 heavy (non-hydrogen) atoms. The van der Waals surface area contributed by atoms with Gasteiger partial charge in [-0.15, -0.1) is 0 Å². The van der Waals surface area contributed by atoms with Crippen molar-refractivity contribution >= 4 is 17.3 Å². The van der Waals surface area contributed by atoms with Crippen LogP contribution in [0.3, 0.4) is 0 Å². The first-order valence-electron chi connectivity index (χ1n) is 5.67. The van der Waals surface area contributed by atoms with Crippen LogP contribution in [0, 0.1) is 10.1 Å². The van der Waals surface area contributed by atoms with Crippen LogP contribution >= 0.6 is 11.6 Å². The molecule has 0 fully saturated rings. The second kappa shape index (κ2) is 5.81. The monoisotopic (exact) mass is 280 g/mol. The molecule has 0 atom stereocenters. The lowest BCUT2D eigenvalue weighted by atomic mass is 10.2. The van der Waals surface area contributed by atoms with Gasteiger partial charge in [0.1, 0.15) is 5.02 Å². The highest BCUT2D eigenvalue weighted by Crippen LogP contribution is 2.24. The largest absolute Gasteiger partial charge is 0.308 e. The van der Waals surface area contributed by atoms with Crippen LogP contribution in [0.5, 0.6) is 0 Å². The summed E-state index contributed by atoms with van der Waals surface area (Å²) in [6.45, 7) is 1.19. The van der Waals surface area contributed by atoms with Crippen molar-refractivity contribution in [2.45, 2.75) is 13.1 Å². The molecule has 6 nitrogen and oxygen atoms in total. The van der Waals surface area contributed by atoms with E-state index in [2.05, 4.69) is 10.4 Å². The summed E-state index contributed by atoms with van der Waals surface area (Å²) in [6.07, 6.45) is 3.69. The summed E-state index contributed by atoms with van der Waals surface area (Å²) in [5.41, 5.74) is 1.81. The number of aryl methyl sites for hydroxylation is 1. The molecule has 100 valence electrons. The third-order valence-electron chi connectivity index (χ3n) is 2.62. The highest BCUT2D eigenvalue weighted by molar-refractivity contribution is 6.32. The number of benzene rings is 1. The fourth-order valence-electron chi connectivity index (χ4n) is 1.72. The average molecular weight is 281 g/mol. The fourth-order valence-corrected chi connectivity index (χ4v) is 1.91. The van der Waals surface area contributed by atoms with Gasteiger partial charge in [0.25, 0.3) is 5.69 Å². The van der Waals surface area contributed by atoms with E-state index in [1.165, 1.54) is 6.07 Å². The molecule has 1 heterocycles. The van der Waals surface area contributed by atoms with Gasteiger partial charge in [-0.1, -0.05) is 17.7 Å². The summed E-state index contributed by atoms with van der Waals surface area (Å²) in [5, 5.41) is 18.2. The molecule has 0 radical (unpaired) electrons. The van der Waals surface area contributed by atoms with E-state index in [4.69, 9.17) is 11.6 Å². The van der Waals surface area contributed by atoms with Gasteiger partial charge in [-0.3, -0.25) is 14.8 Å². The van der Waals surface area contributed by atoms with E-state index < -0.39 is 4.92 Å². The molecule has 0 aliphatic rings. The number of nitrogens with zero attached hydrogens (tertiary/aromatic N) is 3. The molecular formula is C12H13ClN4O2. The molecule has 7 heteroatoms. The first kappa shape index (κ1) is 13.5. The molecule has 2 aromatic rings. The van der Waals surface area contributed by atoms with Crippen LogP contribution < -0.4 is 5.32 Å². The predicted octanol–water partition coefficient (Wildman–Crippen LogP) is 2.27. The Morgan fingerprint density at radius 1 is 1.42 bits per heavy atom. The van der Waals surface area contributed by atoms with E-state index in [1.807, 2.05) is 13.2 Å². The van der Waals surface area contributed by atoms with Gasteiger partial charge in [-0.05, 0) is 11.6 Å². The SMILES string of the molecule is Cn1cc(CNCc2ccc(Cl)c([N+](=O)[O-])c2)cn1. The maximum absolute atomic E-state index is 10.8. The number of rotatable bonds is 5. The van der Waals surface area contributed by atoms with Crippen LogP contribution in [0.2, 0.25) is 5.02 Å². The Kier molecular flexibility index (Phi) is 4.13. The summed E-state index contributed by atoms with van der Waals surface area (Å²) >= 11 is 5.75. The standard InChI is InChI=1S/C12H13ClN4O2/c1-16-8-10(7-15-16)6-14-5-9-2-3-11(13)12(4-9)17(18)19/h2-4,7-8,14H,5-6H2,1H3. The summed E-state index contributed by atoms with van der Waals surface area (Å²) in [7, 11) is 1.85. The Bertz CT molecular complexity index is 597. The van der Waals surface area contributed by atoms with E-state index in [0.29, 0.717) is 13.1 Å². The number of nitrogens with one attached hydrogen (secondary N) is 1. The smallest absolute Gasteiger partial charge is 0.288 e. The molecule has 0 bridgehead atoms. The average Bonchev–Trinajstić information content (AvgIpc) is 2.77. The first-order chi connectivity index (χ1) is 9.06. The molecule has 1 aromatic heterocycles. The minimum absolute atomic E-state index is 0.0673. The summed E-state index contributed by atoms with van der Waals surface area (Å²) in [6, 6.07) is 4.80. The molecule has 0 spiro atoms. The molecule has 0 amide bonds. The molecule has 0 saturated carbocycles. The lowest BCUT2D eigenvalue weighted by Crippen LogP contribution is -2.12. The van der Waals surface area contributed by atoms with Gasteiger partial charge in [0.05, 0.1) is 11.1 Å². The minimum Gasteiger partial charge on any atom is -0.308 e. The number of nitro benzene ring substituents is 1. The van der Waals surface area contributed by atoms with E-state index in [1.54, 1.807) is 23.0 Å². The van der Waals surface area contributed by atoms with Crippen molar-refractivity contribution in [3.05, 3.63) is 56.9 Å². The van der Waals surface area contributed by atoms with Crippen LogP contribution in [-0.4, -0.2) is 14.7 Å². The van der Waals surface area contributed by atoms with Crippen molar-refractivity contribution in [1.82, 2.24) is 15.1 Å². The van der Waals surface area contributed by atoms with Gasteiger partial charge < -0.3 is 5.32 Å². The molecule has 2 rings (SSSR count). The lowest BCUT2D eigenvalue weighted by molar-refractivity contribution is -0.384. The molecule has 1 N–H and O–H groups in total. The van der Waals surface area contributed by atoms with Crippen molar-refractivity contribution < 1.29 is 4.92 Å². The highest BCUT2D eigenvalue weighted by atomic mass is 35.5. The van der Waals surface area contributed by atoms with Crippen LogP contribution in [-0.2, 0) is 20.1 Å². The second-order valence-electron chi connectivity index (χ2n) is 4.17. The Labute approximate surface area is 115 Å². The van der Waals surface area contributed by atoms with E-state index in [0.717, 1.165) is 11.1 Å². The topological polar surface area (TPSA) is 73.0 Å². The number of aromatic nitrogens is 2. The Morgan fingerprint density at radius 3 is 2.79 bits per heavy atom. The van der Waals surface area contributed by atoms with Crippen molar-refractivity contribution in [3.8, 4) is 0 Å². The normalized spacial score (nSPS) is 10.6. The number of hydrogen-bond donors (Lipinski definition) is 1. The number of halogens is 1. The number of hydrogen-bond acceptors (Lipinski definition) is 4. The third kappa shape index (κ3) is 3.52. The van der Waals surface area contributed by atoms with Gasteiger partial charge >= 0.3 is 0 Å². The summed E-state index contributed by atoms with van der Waals surface area (Å²) < 4.78 is 1.73. The minimum atomic E-state index is -0.479. The maximum Gasteiger partial charge on any atom is 0.288 e. The Morgan fingerprint density at radius 2 is 2.16 bits per heavy atom. The zero-order valence-corrected chi connectivity index (χ0v) is 11.1. The fraction of sp³-hybridized carbons (Fsp3) is 0.250. The van der Waals surface area contributed by atoms with Crippen molar-refractivity contribution in [1.29, 1.82) is 0 Å². The van der Waals surface area contributed by atoms with Gasteiger partial charge in [0.15, 0.2) is 0 Å². The maximum atomic E-state index is 10.8. The van der Waals surface area contributed by atoms with Gasteiger partial charge in [-0.25, -0.2) is 0 Å². The molecular weight excluding hydrogens is 268 g/mol. The van der Waals surface area contributed by atoms with Gasteiger partial charge in [-0.2, -0.15) is 5.10 Å². The molecule has 0 aliphatic heterocycles. The van der Waals surface area contributed by atoms with E-state index in [9.17, 15) is 10.1 Å². The first-order valence-corrected chi connectivity index (χ1v) is 6.05. The molecule has 0 saturated heterocycles.